The van der Waals surface area contributed by atoms with Gasteiger partial charge in [0.2, 0.25) is 0 Å². The second-order valence-corrected chi connectivity index (χ2v) is 6.37. The number of urea groups is 1. The van der Waals surface area contributed by atoms with Gasteiger partial charge in [0.05, 0.1) is 25.6 Å². The van der Waals surface area contributed by atoms with Gasteiger partial charge in [-0.05, 0) is 29.8 Å². The van der Waals surface area contributed by atoms with Crippen molar-refractivity contribution in [2.24, 2.45) is 0 Å². The van der Waals surface area contributed by atoms with E-state index < -0.39 is 36.3 Å². The van der Waals surface area contributed by atoms with Crippen LogP contribution < -0.4 is 15.4 Å². The molecule has 1 aliphatic rings. The minimum atomic E-state index is -1.50. The van der Waals surface area contributed by atoms with Crippen molar-refractivity contribution < 1.29 is 33.9 Å². The fourth-order valence-corrected chi connectivity index (χ4v) is 2.75. The lowest BCUT2D eigenvalue weighted by Gasteiger charge is -2.14. The van der Waals surface area contributed by atoms with Gasteiger partial charge in [0.1, 0.15) is 11.9 Å². The maximum Gasteiger partial charge on any atom is 0.337 e. The molecule has 0 spiro atoms. The number of carbonyl (C=O) groups is 4. The molecule has 1 aliphatic heterocycles. The maximum absolute atomic E-state index is 12.2. The Morgan fingerprint density at radius 3 is 2.50 bits per heavy atom. The first-order chi connectivity index (χ1) is 14.4. The van der Waals surface area contributed by atoms with Crippen LogP contribution in [0.2, 0.25) is 0 Å². The number of benzene rings is 2. The molecule has 0 aromatic heterocycles. The Balaban J connectivity index is 1.62. The molecular weight excluding hydrogens is 394 g/mol. The first-order valence-corrected chi connectivity index (χ1v) is 8.93. The molecule has 1 fully saturated rings. The Morgan fingerprint density at radius 1 is 1.13 bits per heavy atom. The van der Waals surface area contributed by atoms with Gasteiger partial charge in [0.25, 0.3) is 11.8 Å². The van der Waals surface area contributed by atoms with Crippen molar-refractivity contribution in [2.75, 3.05) is 17.7 Å². The molecular formula is C20H19N3O7. The number of ether oxygens (including phenoxy) is 1. The zero-order chi connectivity index (χ0) is 21.7. The quantitative estimate of drug-likeness (QED) is 0.610. The van der Waals surface area contributed by atoms with Crippen molar-refractivity contribution in [1.29, 1.82) is 0 Å². The zero-order valence-corrected chi connectivity index (χ0v) is 16.0. The van der Waals surface area contributed by atoms with Crippen molar-refractivity contribution in [1.82, 2.24) is 5.06 Å². The van der Waals surface area contributed by atoms with Crippen molar-refractivity contribution in [3.05, 3.63) is 54.1 Å². The molecule has 2 aromatic carbocycles. The van der Waals surface area contributed by atoms with Crippen LogP contribution in [0.3, 0.4) is 0 Å². The largest absolute Gasteiger partial charge is 0.495 e. The first-order valence-electron chi connectivity index (χ1n) is 8.93. The van der Waals surface area contributed by atoms with Crippen molar-refractivity contribution in [3.8, 4) is 5.75 Å². The van der Waals surface area contributed by atoms with E-state index in [0.717, 1.165) is 0 Å². The van der Waals surface area contributed by atoms with Crippen molar-refractivity contribution in [2.45, 2.75) is 18.9 Å². The van der Waals surface area contributed by atoms with Crippen LogP contribution >= 0.6 is 0 Å². The Bertz CT molecular complexity index is 978. The highest BCUT2D eigenvalue weighted by Crippen LogP contribution is 2.26. The van der Waals surface area contributed by atoms with Gasteiger partial charge < -0.3 is 25.3 Å². The monoisotopic (exact) mass is 413 g/mol. The molecule has 1 saturated heterocycles. The van der Waals surface area contributed by atoms with E-state index in [9.17, 15) is 24.3 Å². The minimum absolute atomic E-state index is 0.264. The number of hydrogen-bond acceptors (Lipinski definition) is 7. The van der Waals surface area contributed by atoms with Crippen LogP contribution in [0.15, 0.2) is 48.5 Å². The summed E-state index contributed by atoms with van der Waals surface area (Å²) in [4.78, 5) is 52.1. The van der Waals surface area contributed by atoms with Gasteiger partial charge >= 0.3 is 12.0 Å². The molecule has 10 nitrogen and oxygen atoms in total. The van der Waals surface area contributed by atoms with E-state index in [1.165, 1.54) is 13.2 Å². The second-order valence-electron chi connectivity index (χ2n) is 6.37. The molecule has 0 bridgehead atoms. The van der Waals surface area contributed by atoms with E-state index in [2.05, 4.69) is 10.6 Å². The Kier molecular flexibility index (Phi) is 6.28. The minimum Gasteiger partial charge on any atom is -0.495 e. The number of hydrogen-bond donors (Lipinski definition) is 3. The third-order valence-electron chi connectivity index (χ3n) is 4.17. The molecule has 0 saturated carbocycles. The lowest BCUT2D eigenvalue weighted by atomic mass is 10.1. The lowest BCUT2D eigenvalue weighted by Crippen LogP contribution is -2.34. The highest BCUT2D eigenvalue weighted by Gasteiger charge is 2.40. The number of carbonyl (C=O) groups excluding carboxylic acids is 4. The van der Waals surface area contributed by atoms with E-state index in [4.69, 9.17) is 9.57 Å². The fraction of sp³-hybridized carbons (Fsp3) is 0.200. The van der Waals surface area contributed by atoms with E-state index in [-0.39, 0.29) is 11.5 Å². The summed E-state index contributed by atoms with van der Waals surface area (Å²) in [5, 5.41) is 14.9. The van der Waals surface area contributed by atoms with Gasteiger partial charge in [-0.3, -0.25) is 9.59 Å². The topological polar surface area (TPSA) is 134 Å². The highest BCUT2D eigenvalue weighted by molar-refractivity contribution is 6.04. The number of amides is 4. The van der Waals surface area contributed by atoms with Crippen LogP contribution in [0, 0.1) is 0 Å². The van der Waals surface area contributed by atoms with Crippen LogP contribution in [0.1, 0.15) is 12.0 Å². The van der Waals surface area contributed by atoms with Gasteiger partial charge in [0, 0.05) is 5.69 Å². The fourth-order valence-electron chi connectivity index (χ4n) is 2.75. The Morgan fingerprint density at radius 2 is 1.87 bits per heavy atom. The van der Waals surface area contributed by atoms with Gasteiger partial charge in [0.15, 0.2) is 0 Å². The number of rotatable bonds is 6. The molecule has 0 aliphatic carbocycles. The van der Waals surface area contributed by atoms with Gasteiger partial charge in [-0.2, -0.15) is 0 Å². The van der Waals surface area contributed by atoms with Crippen LogP contribution in [-0.4, -0.2) is 47.2 Å². The molecule has 1 atom stereocenters. The molecule has 10 heteroatoms. The summed E-state index contributed by atoms with van der Waals surface area (Å²) >= 11 is 0. The summed E-state index contributed by atoms with van der Waals surface area (Å²) in [5.74, 6) is -2.33. The number of imide groups is 1. The standard InChI is InChI=1S/C20H19N3O7/c1-29-16-9-12(10-18(26)30-23-17(25)11-15(24)19(23)27)7-8-14(16)22-20(28)21-13-5-3-2-4-6-13/h2-9,15,24H,10-11H2,1H3,(H2,21,22,28). The molecule has 1 unspecified atom stereocenters. The molecule has 0 radical (unpaired) electrons. The number of hydroxylamine groups is 2. The molecule has 3 rings (SSSR count). The van der Waals surface area contributed by atoms with Gasteiger partial charge in [-0.15, -0.1) is 0 Å². The Labute approximate surface area is 171 Å². The van der Waals surface area contributed by atoms with Crippen LogP contribution in [0.25, 0.3) is 0 Å². The normalized spacial score (nSPS) is 15.7. The van der Waals surface area contributed by atoms with E-state index in [1.54, 1.807) is 36.4 Å². The number of methoxy groups -OCH3 is 1. The van der Waals surface area contributed by atoms with E-state index in [1.807, 2.05) is 6.07 Å². The molecule has 4 amide bonds. The summed E-state index contributed by atoms with van der Waals surface area (Å²) in [7, 11) is 1.40. The number of para-hydroxylation sites is 1. The zero-order valence-electron chi connectivity index (χ0n) is 16.0. The number of anilines is 2. The predicted molar refractivity (Wildman–Crippen MR) is 104 cm³/mol. The molecule has 2 aromatic rings. The van der Waals surface area contributed by atoms with Gasteiger partial charge in [-0.1, -0.05) is 29.3 Å². The van der Waals surface area contributed by atoms with Crippen LogP contribution in [0.5, 0.6) is 5.75 Å². The summed E-state index contributed by atoms with van der Waals surface area (Å²) in [6, 6.07) is 13.0. The van der Waals surface area contributed by atoms with Crippen LogP contribution in [-0.2, 0) is 25.6 Å². The number of aliphatic hydroxyl groups excluding tert-OH is 1. The molecule has 156 valence electrons. The Hall–Kier alpha value is -3.92. The number of aliphatic hydroxyl groups is 1. The average molecular weight is 413 g/mol. The summed E-state index contributed by atoms with van der Waals surface area (Å²) in [5.41, 5.74) is 1.45. The van der Waals surface area contributed by atoms with Crippen molar-refractivity contribution >= 4 is 35.2 Å². The third kappa shape index (κ3) is 4.92. The SMILES string of the molecule is COc1cc(CC(=O)ON2C(=O)CC(O)C2=O)ccc1NC(=O)Nc1ccccc1. The summed E-state index contributed by atoms with van der Waals surface area (Å²) in [6.45, 7) is 0. The first kappa shape index (κ1) is 20.8. The smallest absolute Gasteiger partial charge is 0.337 e. The van der Waals surface area contributed by atoms with Crippen molar-refractivity contribution in [3.63, 3.8) is 0 Å². The third-order valence-corrected chi connectivity index (χ3v) is 4.17. The summed E-state index contributed by atoms with van der Waals surface area (Å²) in [6.07, 6.45) is -2.19. The number of nitrogens with zero attached hydrogens (tertiary/aromatic N) is 1. The maximum atomic E-state index is 12.2. The van der Waals surface area contributed by atoms with E-state index >= 15 is 0 Å². The predicted octanol–water partition coefficient (Wildman–Crippen LogP) is 1.46. The lowest BCUT2D eigenvalue weighted by molar-refractivity contribution is -0.198. The number of nitrogens with one attached hydrogen (secondary N) is 2. The van der Waals surface area contributed by atoms with Gasteiger partial charge in [-0.25, -0.2) is 9.59 Å². The van der Waals surface area contributed by atoms with Crippen LogP contribution in [0.4, 0.5) is 16.2 Å². The average Bonchev–Trinajstić information content (AvgIpc) is 2.95. The molecule has 3 N–H and O–H groups in total. The molecule has 30 heavy (non-hydrogen) atoms. The van der Waals surface area contributed by atoms with E-state index in [0.29, 0.717) is 22.7 Å². The molecule has 1 heterocycles. The highest BCUT2D eigenvalue weighted by atomic mass is 16.7. The summed E-state index contributed by atoms with van der Waals surface area (Å²) < 4.78 is 5.25. The second kappa shape index (κ2) is 9.05.